The Morgan fingerprint density at radius 3 is 2.44 bits per heavy atom. The molecule has 2 nitrogen and oxygen atoms in total. The van der Waals surface area contributed by atoms with E-state index >= 15 is 0 Å². The van der Waals surface area contributed by atoms with Crippen LogP contribution in [0.5, 0.6) is 5.75 Å². The molecule has 3 heteroatoms. The average molecular weight is 262 g/mol. The van der Waals surface area contributed by atoms with Crippen LogP contribution in [0.4, 0.5) is 0 Å². The molecule has 0 saturated heterocycles. The third-order valence-electron chi connectivity index (χ3n) is 2.81. The van der Waals surface area contributed by atoms with Gasteiger partial charge in [0.15, 0.2) is 0 Å². The van der Waals surface area contributed by atoms with Crippen LogP contribution in [0, 0.1) is 6.92 Å². The van der Waals surface area contributed by atoms with E-state index in [1.165, 1.54) is 0 Å². The summed E-state index contributed by atoms with van der Waals surface area (Å²) in [5.74, 6) is 0.877. The molecule has 0 radical (unpaired) electrons. The molecule has 2 rings (SSSR count). The number of benzene rings is 2. The van der Waals surface area contributed by atoms with E-state index in [1.807, 2.05) is 55.5 Å². The fourth-order valence-corrected chi connectivity index (χ4v) is 1.83. The highest BCUT2D eigenvalue weighted by molar-refractivity contribution is 6.30. The van der Waals surface area contributed by atoms with Crippen molar-refractivity contribution in [1.82, 2.24) is 0 Å². The summed E-state index contributed by atoms with van der Waals surface area (Å²) in [4.78, 5) is 0. The quantitative estimate of drug-likeness (QED) is 0.910. The smallest absolute Gasteiger partial charge is 0.122 e. The molecule has 1 atom stereocenters. The summed E-state index contributed by atoms with van der Waals surface area (Å²) in [6.07, 6.45) is 0. The van der Waals surface area contributed by atoms with Crippen LogP contribution in [0.25, 0.3) is 0 Å². The van der Waals surface area contributed by atoms with Gasteiger partial charge in [0.25, 0.3) is 0 Å². The van der Waals surface area contributed by atoms with Crippen LogP contribution in [0.1, 0.15) is 17.2 Å². The monoisotopic (exact) mass is 261 g/mol. The summed E-state index contributed by atoms with van der Waals surface area (Å²) >= 11 is 5.84. The highest BCUT2D eigenvalue weighted by Crippen LogP contribution is 2.19. The molecule has 94 valence electrons. The first kappa shape index (κ1) is 12.9. The van der Waals surface area contributed by atoms with Crippen LogP contribution in [-0.2, 0) is 0 Å². The van der Waals surface area contributed by atoms with Gasteiger partial charge in [-0.2, -0.15) is 0 Å². The molecular weight excluding hydrogens is 246 g/mol. The second kappa shape index (κ2) is 5.89. The van der Waals surface area contributed by atoms with Crippen LogP contribution in [0.3, 0.4) is 0 Å². The van der Waals surface area contributed by atoms with Crippen LogP contribution in [0.15, 0.2) is 48.5 Å². The van der Waals surface area contributed by atoms with Gasteiger partial charge in [-0.25, -0.2) is 0 Å². The summed E-state index contributed by atoms with van der Waals surface area (Å²) in [6, 6.07) is 15.3. The zero-order chi connectivity index (χ0) is 13.0. The second-order valence-electron chi connectivity index (χ2n) is 4.23. The maximum absolute atomic E-state index is 6.07. The van der Waals surface area contributed by atoms with Gasteiger partial charge in [-0.3, -0.25) is 0 Å². The Morgan fingerprint density at radius 1 is 1.11 bits per heavy atom. The molecule has 0 aliphatic rings. The van der Waals surface area contributed by atoms with E-state index in [0.29, 0.717) is 11.6 Å². The molecule has 0 bridgehead atoms. The zero-order valence-corrected chi connectivity index (χ0v) is 11.0. The number of rotatable bonds is 4. The third kappa shape index (κ3) is 3.25. The van der Waals surface area contributed by atoms with E-state index in [2.05, 4.69) is 0 Å². The molecule has 0 amide bonds. The first-order valence-corrected chi connectivity index (χ1v) is 6.24. The minimum atomic E-state index is -0.151. The Labute approximate surface area is 112 Å². The Kier molecular flexibility index (Phi) is 4.24. The molecule has 18 heavy (non-hydrogen) atoms. The summed E-state index contributed by atoms with van der Waals surface area (Å²) in [7, 11) is 0. The summed E-state index contributed by atoms with van der Waals surface area (Å²) in [5, 5.41) is 0.714. The predicted molar refractivity (Wildman–Crippen MR) is 75.1 cm³/mol. The van der Waals surface area contributed by atoms with Crippen molar-refractivity contribution in [2.75, 3.05) is 6.61 Å². The first-order valence-electron chi connectivity index (χ1n) is 5.86. The number of halogens is 1. The van der Waals surface area contributed by atoms with Gasteiger partial charge in [0.1, 0.15) is 12.4 Å². The van der Waals surface area contributed by atoms with Crippen LogP contribution in [0.2, 0.25) is 5.02 Å². The van der Waals surface area contributed by atoms with Gasteiger partial charge in [-0.05, 0) is 36.2 Å². The summed E-state index contributed by atoms with van der Waals surface area (Å²) in [5.41, 5.74) is 8.21. The number of para-hydroxylation sites is 1. The Balaban J connectivity index is 1.98. The SMILES string of the molecule is Cc1ccccc1OCC(N)c1ccc(Cl)cc1. The van der Waals surface area contributed by atoms with Crippen molar-refractivity contribution in [3.63, 3.8) is 0 Å². The van der Waals surface area contributed by atoms with Gasteiger partial charge in [0, 0.05) is 5.02 Å². The molecule has 0 spiro atoms. The minimum absolute atomic E-state index is 0.151. The number of nitrogens with two attached hydrogens (primary N) is 1. The van der Waals surface area contributed by atoms with E-state index in [1.54, 1.807) is 0 Å². The van der Waals surface area contributed by atoms with Crippen molar-refractivity contribution in [2.45, 2.75) is 13.0 Å². The standard InChI is InChI=1S/C15H16ClNO/c1-11-4-2-3-5-15(11)18-10-14(17)12-6-8-13(16)9-7-12/h2-9,14H,10,17H2,1H3. The van der Waals surface area contributed by atoms with Crippen molar-refractivity contribution in [2.24, 2.45) is 5.73 Å². The number of hydrogen-bond donors (Lipinski definition) is 1. The molecule has 0 aliphatic carbocycles. The van der Waals surface area contributed by atoms with Crippen molar-refractivity contribution in [3.8, 4) is 5.75 Å². The molecule has 2 aromatic rings. The normalized spacial score (nSPS) is 12.2. The third-order valence-corrected chi connectivity index (χ3v) is 3.06. The molecule has 0 heterocycles. The second-order valence-corrected chi connectivity index (χ2v) is 4.67. The lowest BCUT2D eigenvalue weighted by Crippen LogP contribution is -2.19. The number of hydrogen-bond acceptors (Lipinski definition) is 2. The summed E-state index contributed by atoms with van der Waals surface area (Å²) in [6.45, 7) is 2.47. The molecule has 1 unspecified atom stereocenters. The maximum Gasteiger partial charge on any atom is 0.122 e. The lowest BCUT2D eigenvalue weighted by molar-refractivity contribution is 0.289. The van der Waals surface area contributed by atoms with E-state index < -0.39 is 0 Å². The fourth-order valence-electron chi connectivity index (χ4n) is 1.70. The lowest BCUT2D eigenvalue weighted by atomic mass is 10.1. The van der Waals surface area contributed by atoms with Gasteiger partial charge in [-0.1, -0.05) is 41.9 Å². The van der Waals surface area contributed by atoms with Crippen LogP contribution >= 0.6 is 11.6 Å². The first-order chi connectivity index (χ1) is 8.66. The van der Waals surface area contributed by atoms with E-state index in [0.717, 1.165) is 16.9 Å². The minimum Gasteiger partial charge on any atom is -0.491 e. The zero-order valence-electron chi connectivity index (χ0n) is 10.3. The Bertz CT molecular complexity index is 510. The molecule has 2 aromatic carbocycles. The van der Waals surface area contributed by atoms with Gasteiger partial charge in [-0.15, -0.1) is 0 Å². The van der Waals surface area contributed by atoms with Crippen molar-refractivity contribution < 1.29 is 4.74 Å². The molecular formula is C15H16ClNO. The van der Waals surface area contributed by atoms with Crippen molar-refractivity contribution >= 4 is 11.6 Å². The van der Waals surface area contributed by atoms with Crippen molar-refractivity contribution in [1.29, 1.82) is 0 Å². The van der Waals surface area contributed by atoms with Gasteiger partial charge in [0.2, 0.25) is 0 Å². The van der Waals surface area contributed by atoms with Gasteiger partial charge in [0.05, 0.1) is 6.04 Å². The summed E-state index contributed by atoms with van der Waals surface area (Å²) < 4.78 is 5.73. The van der Waals surface area contributed by atoms with Gasteiger partial charge < -0.3 is 10.5 Å². The van der Waals surface area contributed by atoms with E-state index in [4.69, 9.17) is 22.1 Å². The van der Waals surface area contributed by atoms with Gasteiger partial charge >= 0.3 is 0 Å². The van der Waals surface area contributed by atoms with Crippen LogP contribution in [-0.4, -0.2) is 6.61 Å². The predicted octanol–water partition coefficient (Wildman–Crippen LogP) is 3.73. The van der Waals surface area contributed by atoms with E-state index in [-0.39, 0.29) is 6.04 Å². The topological polar surface area (TPSA) is 35.2 Å². The molecule has 2 N–H and O–H groups in total. The number of aryl methyl sites for hydroxylation is 1. The Morgan fingerprint density at radius 2 is 1.78 bits per heavy atom. The van der Waals surface area contributed by atoms with Crippen LogP contribution < -0.4 is 10.5 Å². The van der Waals surface area contributed by atoms with E-state index in [9.17, 15) is 0 Å². The average Bonchev–Trinajstić information content (AvgIpc) is 2.38. The lowest BCUT2D eigenvalue weighted by Gasteiger charge is -2.15. The molecule has 0 aromatic heterocycles. The molecule has 0 aliphatic heterocycles. The van der Waals surface area contributed by atoms with Crippen molar-refractivity contribution in [3.05, 3.63) is 64.7 Å². The fraction of sp³-hybridized carbons (Fsp3) is 0.200. The molecule has 0 fully saturated rings. The highest BCUT2D eigenvalue weighted by Gasteiger charge is 2.07. The maximum atomic E-state index is 6.07. The highest BCUT2D eigenvalue weighted by atomic mass is 35.5. The largest absolute Gasteiger partial charge is 0.491 e. The Hall–Kier alpha value is -1.51. The number of ether oxygens (including phenoxy) is 1. The molecule has 0 saturated carbocycles.